The minimum absolute atomic E-state index is 0.0479. The lowest BCUT2D eigenvalue weighted by atomic mass is 10.0. The SMILES string of the molecule is Cc1cc(Nc2cc(C)[nH]n2)nc(N2CCC(NC(=O)Cc3ccc(N4CCCC4)nc3)CC2)n1. The lowest BCUT2D eigenvalue weighted by Gasteiger charge is -2.32. The molecule has 2 fully saturated rings. The number of pyridine rings is 1. The fourth-order valence-electron chi connectivity index (χ4n) is 4.71. The Balaban J connectivity index is 1.11. The summed E-state index contributed by atoms with van der Waals surface area (Å²) in [6.07, 6.45) is 6.36. The molecule has 0 radical (unpaired) electrons. The number of aryl methyl sites for hydroxylation is 2. The summed E-state index contributed by atoms with van der Waals surface area (Å²) in [4.78, 5) is 31.0. The zero-order valence-corrected chi connectivity index (χ0v) is 20.4. The number of carbonyl (C=O) groups excluding carboxylic acids is 1. The smallest absolute Gasteiger partial charge is 0.227 e. The molecule has 2 saturated heterocycles. The second-order valence-electron chi connectivity index (χ2n) is 9.48. The number of rotatable bonds is 7. The van der Waals surface area contributed by atoms with Crippen LogP contribution in [-0.2, 0) is 11.2 Å². The minimum Gasteiger partial charge on any atom is -0.357 e. The van der Waals surface area contributed by atoms with Crippen molar-refractivity contribution in [3.05, 3.63) is 47.4 Å². The van der Waals surface area contributed by atoms with E-state index in [4.69, 9.17) is 4.98 Å². The van der Waals surface area contributed by atoms with Crippen LogP contribution in [-0.4, -0.2) is 63.3 Å². The van der Waals surface area contributed by atoms with Gasteiger partial charge in [-0.2, -0.15) is 10.1 Å². The Labute approximate surface area is 205 Å². The van der Waals surface area contributed by atoms with Crippen molar-refractivity contribution in [3.63, 3.8) is 0 Å². The number of piperidine rings is 1. The van der Waals surface area contributed by atoms with Crippen LogP contribution in [0, 0.1) is 13.8 Å². The molecule has 1 amide bonds. The number of aromatic amines is 1. The highest BCUT2D eigenvalue weighted by molar-refractivity contribution is 5.78. The predicted molar refractivity (Wildman–Crippen MR) is 136 cm³/mol. The van der Waals surface area contributed by atoms with Crippen LogP contribution in [0.15, 0.2) is 30.5 Å². The molecule has 0 aromatic carbocycles. The number of amides is 1. The molecule has 10 heteroatoms. The third-order valence-electron chi connectivity index (χ3n) is 6.55. The van der Waals surface area contributed by atoms with Gasteiger partial charge in [-0.25, -0.2) is 9.97 Å². The monoisotopic (exact) mass is 475 g/mol. The van der Waals surface area contributed by atoms with Crippen LogP contribution in [0.3, 0.4) is 0 Å². The van der Waals surface area contributed by atoms with Gasteiger partial charge in [-0.15, -0.1) is 0 Å². The molecule has 5 heterocycles. The lowest BCUT2D eigenvalue weighted by Crippen LogP contribution is -2.45. The van der Waals surface area contributed by atoms with Crippen molar-refractivity contribution in [2.24, 2.45) is 0 Å². The van der Waals surface area contributed by atoms with Crippen LogP contribution in [0.5, 0.6) is 0 Å². The summed E-state index contributed by atoms with van der Waals surface area (Å²) in [6, 6.07) is 8.06. The van der Waals surface area contributed by atoms with Crippen molar-refractivity contribution in [1.29, 1.82) is 0 Å². The van der Waals surface area contributed by atoms with Gasteiger partial charge in [0, 0.05) is 61.9 Å². The lowest BCUT2D eigenvalue weighted by molar-refractivity contribution is -0.121. The third-order valence-corrected chi connectivity index (χ3v) is 6.55. The summed E-state index contributed by atoms with van der Waals surface area (Å²) in [5.74, 6) is 3.21. The number of nitrogens with zero attached hydrogens (tertiary/aromatic N) is 6. The van der Waals surface area contributed by atoms with Crippen LogP contribution in [0.1, 0.15) is 42.6 Å². The molecule has 10 nitrogen and oxygen atoms in total. The molecule has 35 heavy (non-hydrogen) atoms. The topological polar surface area (TPSA) is 115 Å². The molecule has 0 bridgehead atoms. The summed E-state index contributed by atoms with van der Waals surface area (Å²) in [5.41, 5.74) is 2.82. The third kappa shape index (κ3) is 5.87. The number of hydrogen-bond donors (Lipinski definition) is 3. The molecule has 0 spiro atoms. The molecular weight excluding hydrogens is 442 g/mol. The van der Waals surface area contributed by atoms with Crippen molar-refractivity contribution in [1.82, 2.24) is 30.5 Å². The Morgan fingerprint density at radius 2 is 1.83 bits per heavy atom. The maximum atomic E-state index is 12.6. The maximum Gasteiger partial charge on any atom is 0.227 e. The Morgan fingerprint density at radius 3 is 2.51 bits per heavy atom. The largest absolute Gasteiger partial charge is 0.357 e. The average Bonchev–Trinajstić information content (AvgIpc) is 3.52. The second-order valence-corrected chi connectivity index (χ2v) is 9.48. The van der Waals surface area contributed by atoms with E-state index >= 15 is 0 Å². The maximum absolute atomic E-state index is 12.6. The average molecular weight is 476 g/mol. The van der Waals surface area contributed by atoms with Crippen molar-refractivity contribution < 1.29 is 4.79 Å². The van der Waals surface area contributed by atoms with Crippen LogP contribution in [0.2, 0.25) is 0 Å². The fourth-order valence-corrected chi connectivity index (χ4v) is 4.71. The van der Waals surface area contributed by atoms with Gasteiger partial charge in [-0.05, 0) is 51.2 Å². The van der Waals surface area contributed by atoms with Gasteiger partial charge in [-0.3, -0.25) is 9.89 Å². The van der Waals surface area contributed by atoms with Gasteiger partial charge >= 0.3 is 0 Å². The minimum atomic E-state index is 0.0479. The Kier molecular flexibility index (Phi) is 6.78. The molecule has 0 unspecified atom stereocenters. The van der Waals surface area contributed by atoms with Gasteiger partial charge in [-0.1, -0.05) is 6.07 Å². The van der Waals surface area contributed by atoms with Crippen LogP contribution in [0.4, 0.5) is 23.4 Å². The molecule has 2 aliphatic heterocycles. The molecule has 0 aliphatic carbocycles. The summed E-state index contributed by atoms with van der Waals surface area (Å²) in [7, 11) is 0. The van der Waals surface area contributed by atoms with Gasteiger partial charge in [0.2, 0.25) is 11.9 Å². The fraction of sp³-hybridized carbons (Fsp3) is 0.480. The Bertz CT molecular complexity index is 1150. The van der Waals surface area contributed by atoms with E-state index in [1.165, 1.54) is 12.8 Å². The standard InChI is InChI=1S/C25H33N9O/c1-17-13-21(29-22-14-18(2)31-32-22)30-25(27-17)34-11-7-20(8-12-34)28-24(35)15-19-5-6-23(26-16-19)33-9-3-4-10-33/h5-6,13-14,16,20H,3-4,7-12,15H2,1-2H3,(H,28,35)(H2,27,29,30,31,32). The predicted octanol–water partition coefficient (Wildman–Crippen LogP) is 2.88. The first-order valence-corrected chi connectivity index (χ1v) is 12.4. The number of hydrogen-bond acceptors (Lipinski definition) is 8. The van der Waals surface area contributed by atoms with E-state index in [1.54, 1.807) is 0 Å². The summed E-state index contributed by atoms with van der Waals surface area (Å²) in [5, 5.41) is 13.6. The van der Waals surface area contributed by atoms with E-state index in [0.29, 0.717) is 12.4 Å². The highest BCUT2D eigenvalue weighted by atomic mass is 16.1. The van der Waals surface area contributed by atoms with Crippen molar-refractivity contribution in [3.8, 4) is 0 Å². The first-order valence-electron chi connectivity index (χ1n) is 12.4. The normalized spacial score (nSPS) is 16.5. The molecule has 3 aromatic rings. The summed E-state index contributed by atoms with van der Waals surface area (Å²) in [6.45, 7) is 7.65. The Hall–Kier alpha value is -3.69. The van der Waals surface area contributed by atoms with Crippen molar-refractivity contribution >= 4 is 29.3 Å². The summed E-state index contributed by atoms with van der Waals surface area (Å²) >= 11 is 0. The number of H-pyrrole nitrogens is 1. The number of anilines is 4. The molecule has 2 aliphatic rings. The van der Waals surface area contributed by atoms with Gasteiger partial charge in [0.1, 0.15) is 11.6 Å². The number of carbonyl (C=O) groups is 1. The van der Waals surface area contributed by atoms with E-state index in [9.17, 15) is 4.79 Å². The van der Waals surface area contributed by atoms with Crippen LogP contribution >= 0.6 is 0 Å². The van der Waals surface area contributed by atoms with E-state index in [2.05, 4.69) is 40.6 Å². The number of nitrogens with one attached hydrogen (secondary N) is 3. The molecule has 3 N–H and O–H groups in total. The van der Waals surface area contributed by atoms with Gasteiger partial charge in [0.05, 0.1) is 6.42 Å². The highest BCUT2D eigenvalue weighted by Gasteiger charge is 2.23. The molecule has 5 rings (SSSR count). The summed E-state index contributed by atoms with van der Waals surface area (Å²) < 4.78 is 0. The van der Waals surface area contributed by atoms with Crippen molar-refractivity contribution in [2.45, 2.75) is 52.0 Å². The van der Waals surface area contributed by atoms with E-state index in [1.807, 2.05) is 44.3 Å². The van der Waals surface area contributed by atoms with E-state index in [0.717, 1.165) is 73.4 Å². The van der Waals surface area contributed by atoms with E-state index < -0.39 is 0 Å². The van der Waals surface area contributed by atoms with E-state index in [-0.39, 0.29) is 11.9 Å². The van der Waals surface area contributed by atoms with Crippen LogP contribution < -0.4 is 20.4 Å². The quantitative estimate of drug-likeness (QED) is 0.478. The second kappa shape index (κ2) is 10.3. The van der Waals surface area contributed by atoms with Gasteiger partial charge < -0.3 is 20.4 Å². The molecule has 0 atom stereocenters. The van der Waals surface area contributed by atoms with Gasteiger partial charge in [0.15, 0.2) is 5.82 Å². The van der Waals surface area contributed by atoms with Crippen molar-refractivity contribution in [2.75, 3.05) is 41.3 Å². The molecule has 184 valence electrons. The first-order chi connectivity index (χ1) is 17.0. The molecule has 0 saturated carbocycles. The zero-order chi connectivity index (χ0) is 24.2. The number of aromatic nitrogens is 5. The van der Waals surface area contributed by atoms with Crippen LogP contribution in [0.25, 0.3) is 0 Å². The first kappa shape index (κ1) is 23.1. The molecular formula is C25H33N9O. The Morgan fingerprint density at radius 1 is 1.03 bits per heavy atom. The van der Waals surface area contributed by atoms with Gasteiger partial charge in [0.25, 0.3) is 0 Å². The molecule has 3 aromatic heterocycles. The highest BCUT2D eigenvalue weighted by Crippen LogP contribution is 2.21. The zero-order valence-electron chi connectivity index (χ0n) is 20.4.